The van der Waals surface area contributed by atoms with Gasteiger partial charge in [0.05, 0.1) is 23.9 Å². The number of allylic oxidation sites excluding steroid dienone is 1. The Morgan fingerprint density at radius 1 is 1.23 bits per heavy atom. The molecule has 3 aromatic heterocycles. The van der Waals surface area contributed by atoms with E-state index in [1.807, 2.05) is 12.1 Å². The molecule has 11 heteroatoms. The lowest BCUT2D eigenvalue weighted by molar-refractivity contribution is 0.0782. The average molecular weight is 543 g/mol. The molecule has 0 saturated carbocycles. The number of benzene rings is 1. The van der Waals surface area contributed by atoms with E-state index >= 15 is 0 Å². The molecule has 1 aromatic carbocycles. The van der Waals surface area contributed by atoms with Crippen molar-refractivity contribution in [3.05, 3.63) is 71.3 Å². The number of nitrogens with one attached hydrogen (secondary N) is 1. The van der Waals surface area contributed by atoms with Gasteiger partial charge in [-0.25, -0.2) is 19.3 Å². The van der Waals surface area contributed by atoms with Crippen molar-refractivity contribution in [3.63, 3.8) is 0 Å². The van der Waals surface area contributed by atoms with E-state index in [9.17, 15) is 9.90 Å². The molecule has 2 N–H and O–H groups in total. The number of ether oxygens (including phenoxy) is 1. The molecule has 0 radical (unpaired) electrons. The number of anilines is 3. The summed E-state index contributed by atoms with van der Waals surface area (Å²) < 4.78 is 9.32. The molecule has 2 atom stereocenters. The molecule has 1 saturated heterocycles. The highest BCUT2D eigenvalue weighted by Gasteiger charge is 2.37. The van der Waals surface area contributed by atoms with Gasteiger partial charge in [-0.05, 0) is 52.6 Å². The first-order chi connectivity index (χ1) is 19.1. The largest absolute Gasteiger partial charge is 0.489 e. The van der Waals surface area contributed by atoms with Crippen molar-refractivity contribution in [3.8, 4) is 11.6 Å². The second-order valence-electron chi connectivity index (χ2n) is 11.2. The van der Waals surface area contributed by atoms with E-state index in [-0.39, 0.29) is 12.1 Å². The summed E-state index contributed by atoms with van der Waals surface area (Å²) in [5.74, 6) is 1.66. The molecule has 0 amide bonds. The van der Waals surface area contributed by atoms with Crippen LogP contribution in [-0.4, -0.2) is 73.7 Å². The first-order valence-electron chi connectivity index (χ1n) is 13.4. The molecule has 40 heavy (non-hydrogen) atoms. The number of hydrogen-bond acceptors (Lipinski definition) is 9. The van der Waals surface area contributed by atoms with E-state index in [0.717, 1.165) is 30.1 Å². The van der Waals surface area contributed by atoms with Crippen LogP contribution in [0.2, 0.25) is 0 Å². The Balaban J connectivity index is 1.34. The fourth-order valence-electron chi connectivity index (χ4n) is 5.46. The number of fused-ring (bicyclic) bond motifs is 4. The highest BCUT2D eigenvalue weighted by Crippen LogP contribution is 2.40. The van der Waals surface area contributed by atoms with E-state index < -0.39 is 5.60 Å². The Morgan fingerprint density at radius 2 is 2.05 bits per heavy atom. The molecular formula is C29H34N8O3. The van der Waals surface area contributed by atoms with Gasteiger partial charge in [0.25, 0.3) is 5.56 Å². The maximum absolute atomic E-state index is 13.2. The molecule has 0 unspecified atom stereocenters. The van der Waals surface area contributed by atoms with Gasteiger partial charge in [-0.15, -0.1) is 6.58 Å². The van der Waals surface area contributed by atoms with Crippen LogP contribution < -0.4 is 20.5 Å². The Kier molecular flexibility index (Phi) is 6.35. The van der Waals surface area contributed by atoms with Gasteiger partial charge >= 0.3 is 0 Å². The molecule has 0 bridgehead atoms. The minimum Gasteiger partial charge on any atom is -0.489 e. The van der Waals surface area contributed by atoms with Gasteiger partial charge in [0.2, 0.25) is 5.95 Å². The molecule has 11 nitrogen and oxygen atoms in total. The molecule has 208 valence electrons. The standard InChI is InChI=1S/C29H34N8O3/c1-6-11-36-27(38)22-15-31-28(33-26(22)37(36)25-10-7-18(14-30-25)29(2,3)39)32-19-8-9-23-24(12-19)40-17-21-13-20(34(4)5)16-35(21)23/h6-10,12,14-15,20-21,39H,1,11,13,16-17H2,2-5H3,(H,31,32,33)/t20-,21+/m1/s1. The van der Waals surface area contributed by atoms with Crippen molar-refractivity contribution in [1.29, 1.82) is 0 Å². The van der Waals surface area contributed by atoms with Crippen LogP contribution in [0.4, 0.5) is 17.3 Å². The lowest BCUT2D eigenvalue weighted by atomic mass is 10.0. The van der Waals surface area contributed by atoms with E-state index in [1.165, 1.54) is 10.9 Å². The van der Waals surface area contributed by atoms with Crippen molar-refractivity contribution in [1.82, 2.24) is 29.2 Å². The number of pyridine rings is 1. The topological polar surface area (TPSA) is 114 Å². The van der Waals surface area contributed by atoms with Crippen molar-refractivity contribution in [2.75, 3.05) is 37.5 Å². The molecule has 0 spiro atoms. The fraction of sp³-hybridized carbons (Fsp3) is 0.379. The van der Waals surface area contributed by atoms with Crippen LogP contribution in [0, 0.1) is 0 Å². The maximum atomic E-state index is 13.2. The highest BCUT2D eigenvalue weighted by molar-refractivity contribution is 5.77. The van der Waals surface area contributed by atoms with Gasteiger partial charge in [0, 0.05) is 42.3 Å². The minimum absolute atomic E-state index is 0.242. The van der Waals surface area contributed by atoms with Gasteiger partial charge in [0.15, 0.2) is 11.5 Å². The van der Waals surface area contributed by atoms with E-state index in [2.05, 4.69) is 51.8 Å². The first-order valence-corrected chi connectivity index (χ1v) is 13.4. The fourth-order valence-corrected chi connectivity index (χ4v) is 5.46. The summed E-state index contributed by atoms with van der Waals surface area (Å²) in [4.78, 5) is 31.6. The maximum Gasteiger partial charge on any atom is 0.278 e. The summed E-state index contributed by atoms with van der Waals surface area (Å²) in [5.41, 5.74) is 1.68. The summed E-state index contributed by atoms with van der Waals surface area (Å²) >= 11 is 0. The molecule has 1 fully saturated rings. The van der Waals surface area contributed by atoms with Gasteiger partial charge in [-0.3, -0.25) is 4.79 Å². The lowest BCUT2D eigenvalue weighted by Gasteiger charge is -2.33. The first kappa shape index (κ1) is 26.0. The average Bonchev–Trinajstić information content (AvgIpc) is 3.48. The van der Waals surface area contributed by atoms with E-state index in [4.69, 9.17) is 9.72 Å². The van der Waals surface area contributed by atoms with Crippen molar-refractivity contribution in [2.24, 2.45) is 0 Å². The Bertz CT molecular complexity index is 1630. The Morgan fingerprint density at radius 3 is 2.75 bits per heavy atom. The van der Waals surface area contributed by atoms with Crippen LogP contribution in [0.15, 0.2) is 60.2 Å². The number of aromatic nitrogens is 5. The van der Waals surface area contributed by atoms with E-state index in [1.54, 1.807) is 42.9 Å². The van der Waals surface area contributed by atoms with Gasteiger partial charge < -0.3 is 25.0 Å². The molecule has 5 heterocycles. The zero-order chi connectivity index (χ0) is 28.2. The zero-order valence-electron chi connectivity index (χ0n) is 23.2. The highest BCUT2D eigenvalue weighted by atomic mass is 16.5. The summed E-state index contributed by atoms with van der Waals surface area (Å²) in [7, 11) is 4.25. The van der Waals surface area contributed by atoms with Gasteiger partial charge in [-0.1, -0.05) is 12.1 Å². The van der Waals surface area contributed by atoms with Crippen molar-refractivity contribution in [2.45, 2.75) is 44.5 Å². The minimum atomic E-state index is -1.04. The summed E-state index contributed by atoms with van der Waals surface area (Å²) in [6.07, 6.45) is 5.86. The van der Waals surface area contributed by atoms with Crippen LogP contribution in [0.25, 0.3) is 16.9 Å². The Labute approximate surface area is 232 Å². The third-order valence-electron chi connectivity index (χ3n) is 7.73. The SMILES string of the molecule is C=CCn1c(=O)c2cnc(Nc3ccc4c(c3)OC[C@@H]3C[C@@H](N(C)C)CN43)nc2n1-c1ccc(C(C)(C)O)cn1. The van der Waals surface area contributed by atoms with Crippen LogP contribution in [0.1, 0.15) is 25.8 Å². The molecule has 4 aromatic rings. The zero-order valence-corrected chi connectivity index (χ0v) is 23.2. The second-order valence-corrected chi connectivity index (χ2v) is 11.2. The predicted molar refractivity (Wildman–Crippen MR) is 155 cm³/mol. The van der Waals surface area contributed by atoms with Crippen molar-refractivity contribution >= 4 is 28.4 Å². The molecule has 6 rings (SSSR count). The third kappa shape index (κ3) is 4.50. The smallest absolute Gasteiger partial charge is 0.278 e. The second kappa shape index (κ2) is 9.76. The number of aliphatic hydroxyl groups is 1. The van der Waals surface area contributed by atoms with Crippen LogP contribution in [-0.2, 0) is 12.1 Å². The van der Waals surface area contributed by atoms with Crippen LogP contribution >= 0.6 is 0 Å². The van der Waals surface area contributed by atoms with Crippen LogP contribution in [0.3, 0.4) is 0 Å². The molecule has 2 aliphatic rings. The van der Waals surface area contributed by atoms with Crippen LogP contribution in [0.5, 0.6) is 5.75 Å². The molecule has 2 aliphatic heterocycles. The lowest BCUT2D eigenvalue weighted by Crippen LogP contribution is -2.38. The summed E-state index contributed by atoms with van der Waals surface area (Å²) in [6, 6.07) is 10.5. The normalized spacial score (nSPS) is 18.5. The summed E-state index contributed by atoms with van der Waals surface area (Å²) in [6.45, 7) is 9.09. The van der Waals surface area contributed by atoms with Crippen molar-refractivity contribution < 1.29 is 9.84 Å². The number of nitrogens with zero attached hydrogens (tertiary/aromatic N) is 7. The number of hydrogen-bond donors (Lipinski definition) is 2. The number of likely N-dealkylation sites (N-methyl/N-ethyl adjacent to an activating group) is 1. The third-order valence-corrected chi connectivity index (χ3v) is 7.73. The summed E-state index contributed by atoms with van der Waals surface area (Å²) in [5, 5.41) is 14.0. The van der Waals surface area contributed by atoms with Gasteiger partial charge in [0.1, 0.15) is 17.7 Å². The monoisotopic (exact) mass is 542 g/mol. The number of rotatable bonds is 7. The van der Waals surface area contributed by atoms with Gasteiger partial charge in [-0.2, -0.15) is 4.98 Å². The quantitative estimate of drug-likeness (QED) is 0.340. The predicted octanol–water partition coefficient (Wildman–Crippen LogP) is 3.04. The Hall–Kier alpha value is -4.22. The van der Waals surface area contributed by atoms with E-state index in [0.29, 0.717) is 47.1 Å². The molecular weight excluding hydrogens is 508 g/mol. The molecule has 0 aliphatic carbocycles.